The molecule has 3 rings (SSSR count). The summed E-state index contributed by atoms with van der Waals surface area (Å²) in [5, 5.41) is 8.15. The monoisotopic (exact) mass is 256 g/mol. The molecule has 0 radical (unpaired) electrons. The number of piperazine rings is 1. The minimum atomic E-state index is -0.0168. The molecule has 2 heterocycles. The number of aryl methyl sites for hydroxylation is 1. The van der Waals surface area contributed by atoms with Gasteiger partial charge in [0.15, 0.2) is 5.82 Å². The van der Waals surface area contributed by atoms with Crippen molar-refractivity contribution in [2.45, 2.75) is 12.5 Å². The second-order valence-electron chi connectivity index (χ2n) is 5.39. The lowest BCUT2D eigenvalue weighted by atomic mass is 9.90. The maximum absolute atomic E-state index is 4.51. The molecule has 19 heavy (non-hydrogen) atoms. The quantitative estimate of drug-likeness (QED) is 0.888. The molecular formula is C15H20N4. The zero-order valence-corrected chi connectivity index (χ0v) is 11.5. The van der Waals surface area contributed by atoms with Gasteiger partial charge in [-0.3, -0.25) is 4.68 Å². The van der Waals surface area contributed by atoms with E-state index >= 15 is 0 Å². The van der Waals surface area contributed by atoms with Crippen LogP contribution in [-0.2, 0) is 12.6 Å². The molecule has 1 aliphatic rings. The Morgan fingerprint density at radius 1 is 1.21 bits per heavy atom. The number of nitrogens with zero attached hydrogens (tertiary/aromatic N) is 3. The zero-order chi connectivity index (χ0) is 13.3. The number of nitrogens with one attached hydrogen (secondary N) is 1. The van der Waals surface area contributed by atoms with Crippen LogP contribution in [0.3, 0.4) is 0 Å². The van der Waals surface area contributed by atoms with Gasteiger partial charge in [-0.2, -0.15) is 5.10 Å². The average molecular weight is 256 g/mol. The number of hydrogen-bond donors (Lipinski definition) is 1. The molecule has 1 unspecified atom stereocenters. The van der Waals surface area contributed by atoms with Crippen LogP contribution in [0.5, 0.6) is 0 Å². The molecule has 0 bridgehead atoms. The Kier molecular flexibility index (Phi) is 3.03. The summed E-state index contributed by atoms with van der Waals surface area (Å²) in [6, 6.07) is 12.7. The zero-order valence-electron chi connectivity index (χ0n) is 11.5. The van der Waals surface area contributed by atoms with E-state index in [1.807, 2.05) is 17.9 Å². The lowest BCUT2D eigenvalue weighted by Crippen LogP contribution is -2.57. The summed E-state index contributed by atoms with van der Waals surface area (Å²) in [4.78, 5) is 2.35. The van der Waals surface area contributed by atoms with Crippen molar-refractivity contribution in [3.63, 3.8) is 0 Å². The second kappa shape index (κ2) is 4.70. The molecule has 1 atom stereocenters. The first-order valence-electron chi connectivity index (χ1n) is 6.72. The maximum Gasteiger partial charge on any atom is 0.150 e. The second-order valence-corrected chi connectivity index (χ2v) is 5.39. The molecule has 0 aliphatic carbocycles. The van der Waals surface area contributed by atoms with Gasteiger partial charge in [-0.25, -0.2) is 0 Å². The van der Waals surface area contributed by atoms with Crippen LogP contribution >= 0.6 is 0 Å². The summed E-state index contributed by atoms with van der Waals surface area (Å²) in [6.07, 6.45) is 2.00. The average Bonchev–Trinajstić information content (AvgIpc) is 2.87. The lowest BCUT2D eigenvalue weighted by Gasteiger charge is -2.42. The molecule has 1 aromatic carbocycles. The lowest BCUT2D eigenvalue weighted by molar-refractivity contribution is 0.330. The van der Waals surface area contributed by atoms with Crippen molar-refractivity contribution >= 4 is 5.82 Å². The summed E-state index contributed by atoms with van der Waals surface area (Å²) in [7, 11) is 1.96. The predicted octanol–water partition coefficient (Wildman–Crippen LogP) is 1.75. The SMILES string of the molecule is Cn1ccc(N2CCNC(C)(c3ccccc3)C2)n1. The molecule has 1 saturated heterocycles. The first-order valence-corrected chi connectivity index (χ1v) is 6.72. The fourth-order valence-electron chi connectivity index (χ4n) is 2.75. The normalized spacial score (nSPS) is 23.6. The number of anilines is 1. The van der Waals surface area contributed by atoms with E-state index in [0.29, 0.717) is 0 Å². The molecule has 1 aliphatic heterocycles. The smallest absolute Gasteiger partial charge is 0.150 e. The van der Waals surface area contributed by atoms with Crippen molar-refractivity contribution in [2.75, 3.05) is 24.5 Å². The van der Waals surface area contributed by atoms with Gasteiger partial charge >= 0.3 is 0 Å². The molecule has 0 amide bonds. The van der Waals surface area contributed by atoms with Crippen molar-refractivity contribution in [1.82, 2.24) is 15.1 Å². The van der Waals surface area contributed by atoms with Gasteiger partial charge in [-0.15, -0.1) is 0 Å². The topological polar surface area (TPSA) is 33.1 Å². The van der Waals surface area contributed by atoms with Gasteiger partial charge < -0.3 is 10.2 Å². The molecule has 2 aromatic rings. The van der Waals surface area contributed by atoms with Gasteiger partial charge in [0.1, 0.15) is 0 Å². The van der Waals surface area contributed by atoms with Crippen LogP contribution < -0.4 is 10.2 Å². The largest absolute Gasteiger partial charge is 0.352 e. The van der Waals surface area contributed by atoms with Crippen LogP contribution in [0.4, 0.5) is 5.82 Å². The minimum Gasteiger partial charge on any atom is -0.352 e. The summed E-state index contributed by atoms with van der Waals surface area (Å²) in [6.45, 7) is 5.17. The van der Waals surface area contributed by atoms with Crippen LogP contribution in [0.15, 0.2) is 42.6 Å². The van der Waals surface area contributed by atoms with E-state index in [0.717, 1.165) is 25.5 Å². The van der Waals surface area contributed by atoms with Crippen molar-refractivity contribution in [2.24, 2.45) is 7.05 Å². The number of benzene rings is 1. The van der Waals surface area contributed by atoms with E-state index in [4.69, 9.17) is 0 Å². The molecular weight excluding hydrogens is 236 g/mol. The first-order chi connectivity index (χ1) is 9.17. The van der Waals surface area contributed by atoms with E-state index < -0.39 is 0 Å². The summed E-state index contributed by atoms with van der Waals surface area (Å²) in [5.41, 5.74) is 1.31. The molecule has 100 valence electrons. The number of aromatic nitrogens is 2. The van der Waals surface area contributed by atoms with Gasteiger partial charge in [0.25, 0.3) is 0 Å². The van der Waals surface area contributed by atoms with Gasteiger partial charge in [0, 0.05) is 38.9 Å². The Balaban J connectivity index is 1.85. The molecule has 0 spiro atoms. The van der Waals surface area contributed by atoms with E-state index in [1.165, 1.54) is 5.56 Å². The highest BCUT2D eigenvalue weighted by Gasteiger charge is 2.32. The summed E-state index contributed by atoms with van der Waals surface area (Å²) < 4.78 is 1.86. The Labute approximate surface area is 114 Å². The van der Waals surface area contributed by atoms with Gasteiger partial charge in [0.2, 0.25) is 0 Å². The van der Waals surface area contributed by atoms with E-state index in [2.05, 4.69) is 58.6 Å². The highest BCUT2D eigenvalue weighted by molar-refractivity contribution is 5.40. The predicted molar refractivity (Wildman–Crippen MR) is 77.2 cm³/mol. The number of rotatable bonds is 2. The Bertz CT molecular complexity index is 548. The molecule has 4 nitrogen and oxygen atoms in total. The molecule has 1 aromatic heterocycles. The van der Waals surface area contributed by atoms with Crippen LogP contribution in [0, 0.1) is 0 Å². The summed E-state index contributed by atoms with van der Waals surface area (Å²) >= 11 is 0. The Morgan fingerprint density at radius 3 is 2.68 bits per heavy atom. The van der Waals surface area contributed by atoms with Crippen LogP contribution in [0.25, 0.3) is 0 Å². The van der Waals surface area contributed by atoms with Crippen LogP contribution in [-0.4, -0.2) is 29.4 Å². The maximum atomic E-state index is 4.51. The third-order valence-corrected chi connectivity index (χ3v) is 3.84. The number of hydrogen-bond acceptors (Lipinski definition) is 3. The van der Waals surface area contributed by atoms with Crippen LogP contribution in [0.1, 0.15) is 12.5 Å². The molecule has 0 saturated carbocycles. The third kappa shape index (κ3) is 2.36. The van der Waals surface area contributed by atoms with Crippen molar-refractivity contribution in [1.29, 1.82) is 0 Å². The molecule has 4 heteroatoms. The fraction of sp³-hybridized carbons (Fsp3) is 0.400. The van der Waals surface area contributed by atoms with E-state index in [9.17, 15) is 0 Å². The van der Waals surface area contributed by atoms with Gasteiger partial charge in [0.05, 0.1) is 5.54 Å². The van der Waals surface area contributed by atoms with Crippen LogP contribution in [0.2, 0.25) is 0 Å². The van der Waals surface area contributed by atoms with Crippen molar-refractivity contribution < 1.29 is 0 Å². The Morgan fingerprint density at radius 2 is 2.00 bits per heavy atom. The van der Waals surface area contributed by atoms with E-state index in [-0.39, 0.29) is 5.54 Å². The summed E-state index contributed by atoms with van der Waals surface area (Å²) in [5.74, 6) is 1.06. The fourth-order valence-corrected chi connectivity index (χ4v) is 2.75. The third-order valence-electron chi connectivity index (χ3n) is 3.84. The standard InChI is InChI=1S/C15H20N4/c1-15(13-6-4-3-5-7-13)12-19(11-9-16-15)14-8-10-18(2)17-14/h3-8,10,16H,9,11-12H2,1-2H3. The molecule has 1 N–H and O–H groups in total. The highest BCUT2D eigenvalue weighted by atomic mass is 15.4. The first kappa shape index (κ1) is 12.2. The van der Waals surface area contributed by atoms with E-state index in [1.54, 1.807) is 0 Å². The van der Waals surface area contributed by atoms with Gasteiger partial charge in [-0.05, 0) is 12.5 Å². The Hall–Kier alpha value is -1.81. The molecule has 1 fully saturated rings. The minimum absolute atomic E-state index is 0.0168. The van der Waals surface area contributed by atoms with Crippen molar-refractivity contribution in [3.05, 3.63) is 48.2 Å². The van der Waals surface area contributed by atoms with Crippen molar-refractivity contribution in [3.8, 4) is 0 Å². The van der Waals surface area contributed by atoms with Gasteiger partial charge in [-0.1, -0.05) is 30.3 Å². The highest BCUT2D eigenvalue weighted by Crippen LogP contribution is 2.26.